The average molecular weight is 657 g/mol. The number of carbonyl (C=O) groups excluding carboxylic acids is 1. The second kappa shape index (κ2) is 12.5. The van der Waals surface area contributed by atoms with Crippen LogP contribution in [0.3, 0.4) is 0 Å². The van der Waals surface area contributed by atoms with Gasteiger partial charge in [0.1, 0.15) is 11.7 Å². The zero-order valence-corrected chi connectivity index (χ0v) is 25.1. The Kier molecular flexibility index (Phi) is 9.04. The number of aromatic carboxylic acids is 1. The highest BCUT2D eigenvalue weighted by molar-refractivity contribution is 6.31. The second-order valence-electron chi connectivity index (χ2n) is 11.3. The molecule has 1 saturated carbocycles. The van der Waals surface area contributed by atoms with Gasteiger partial charge in [-0.05, 0) is 49.1 Å². The summed E-state index contributed by atoms with van der Waals surface area (Å²) in [5.74, 6) is -2.24. The van der Waals surface area contributed by atoms with Crippen molar-refractivity contribution in [3.8, 4) is 11.1 Å². The molecule has 3 aliphatic rings. The van der Waals surface area contributed by atoms with Crippen molar-refractivity contribution in [1.29, 1.82) is 0 Å². The Balaban J connectivity index is 0.00000384. The van der Waals surface area contributed by atoms with Gasteiger partial charge in [-0.25, -0.2) is 9.18 Å². The first-order valence-electron chi connectivity index (χ1n) is 14.2. The maximum atomic E-state index is 13.9. The predicted octanol–water partition coefficient (Wildman–Crippen LogP) is 6.19. The van der Waals surface area contributed by atoms with Gasteiger partial charge < -0.3 is 19.8 Å². The van der Waals surface area contributed by atoms with Crippen molar-refractivity contribution in [2.75, 3.05) is 49.1 Å². The summed E-state index contributed by atoms with van der Waals surface area (Å²) in [6.07, 6.45) is -3.78. The smallest absolute Gasteiger partial charge is 0.433 e. The fourth-order valence-corrected chi connectivity index (χ4v) is 6.32. The van der Waals surface area contributed by atoms with Crippen molar-refractivity contribution >= 4 is 47.3 Å². The molecule has 1 aromatic heterocycles. The molecule has 1 aliphatic carbocycles. The van der Waals surface area contributed by atoms with Crippen LogP contribution in [0.2, 0.25) is 5.02 Å². The van der Waals surface area contributed by atoms with Crippen molar-refractivity contribution in [3.05, 3.63) is 64.9 Å². The van der Waals surface area contributed by atoms with E-state index in [1.54, 1.807) is 17.0 Å². The van der Waals surface area contributed by atoms with Gasteiger partial charge in [0.05, 0.1) is 18.2 Å². The minimum Gasteiger partial charge on any atom is -0.478 e. The third-order valence-electron chi connectivity index (χ3n) is 8.50. The number of carboxylic acid groups (broad SMARTS) is 1. The number of alkyl halides is 4. The van der Waals surface area contributed by atoms with Crippen LogP contribution in [0.15, 0.2) is 48.7 Å². The molecule has 3 heterocycles. The van der Waals surface area contributed by atoms with Crippen molar-refractivity contribution < 1.29 is 32.3 Å². The number of carboxylic acids is 1. The summed E-state index contributed by atoms with van der Waals surface area (Å²) in [4.78, 5) is 29.7. The number of anilines is 2. The van der Waals surface area contributed by atoms with Gasteiger partial charge >= 0.3 is 12.1 Å². The van der Waals surface area contributed by atoms with Crippen molar-refractivity contribution in [2.24, 2.45) is 5.92 Å². The van der Waals surface area contributed by atoms with E-state index in [2.05, 4.69) is 10.00 Å². The number of hydrogen-bond acceptors (Lipinski definition) is 5. The predicted molar refractivity (Wildman–Crippen MR) is 161 cm³/mol. The topological polar surface area (TPSA) is 81.9 Å². The third-order valence-corrected chi connectivity index (χ3v) is 8.74. The third kappa shape index (κ3) is 6.32. The van der Waals surface area contributed by atoms with E-state index in [9.17, 15) is 32.3 Å². The number of amides is 1. The van der Waals surface area contributed by atoms with E-state index >= 15 is 0 Å². The molecule has 3 aromatic rings. The Morgan fingerprint density at radius 3 is 2.27 bits per heavy atom. The molecule has 1 N–H and O–H groups in total. The Morgan fingerprint density at radius 1 is 0.977 bits per heavy atom. The summed E-state index contributed by atoms with van der Waals surface area (Å²) in [7, 11) is 0. The Hall–Kier alpha value is -3.51. The lowest BCUT2D eigenvalue weighted by Gasteiger charge is -2.37. The Morgan fingerprint density at radius 2 is 1.66 bits per heavy atom. The number of piperidine rings is 1. The molecule has 236 valence electrons. The van der Waals surface area contributed by atoms with Crippen molar-refractivity contribution in [1.82, 2.24) is 14.7 Å². The van der Waals surface area contributed by atoms with E-state index < -0.39 is 41.5 Å². The van der Waals surface area contributed by atoms with Crippen LogP contribution < -0.4 is 9.80 Å². The lowest BCUT2D eigenvalue weighted by molar-refractivity contribution is -0.145. The second-order valence-corrected chi connectivity index (χ2v) is 11.7. The molecular formula is C30H31Cl2F4N5O3. The van der Waals surface area contributed by atoms with Crippen LogP contribution in [0.4, 0.5) is 28.9 Å². The molecule has 3 fully saturated rings. The number of rotatable bonds is 6. The summed E-state index contributed by atoms with van der Waals surface area (Å²) in [6, 6.07) is 12.7. The Labute approximate surface area is 262 Å². The van der Waals surface area contributed by atoms with Crippen molar-refractivity contribution in [2.45, 2.75) is 37.7 Å². The summed E-state index contributed by atoms with van der Waals surface area (Å²) in [6.45, 7) is 3.16. The summed E-state index contributed by atoms with van der Waals surface area (Å²) in [5.41, 5.74) is 1.40. The highest BCUT2D eigenvalue weighted by Gasteiger charge is 2.46. The molecule has 1 amide bonds. The van der Waals surface area contributed by atoms with E-state index in [4.69, 9.17) is 11.6 Å². The zero-order valence-electron chi connectivity index (χ0n) is 23.5. The number of piperazine rings is 1. The fourth-order valence-electron chi connectivity index (χ4n) is 6.15. The van der Waals surface area contributed by atoms with Crippen LogP contribution in [0.5, 0.6) is 0 Å². The molecule has 0 spiro atoms. The molecule has 0 radical (unpaired) electrons. The molecule has 3 atom stereocenters. The minimum atomic E-state index is -4.87. The van der Waals surface area contributed by atoms with E-state index in [1.807, 2.05) is 35.2 Å². The lowest BCUT2D eigenvalue weighted by atomic mass is 9.99. The summed E-state index contributed by atoms with van der Waals surface area (Å²) in [5, 5.41) is 13.7. The number of hydrogen-bond donors (Lipinski definition) is 1. The first kappa shape index (κ1) is 31.9. The van der Waals surface area contributed by atoms with Gasteiger partial charge in [-0.1, -0.05) is 29.8 Å². The SMILES string of the molecule is Cl.O=C(O)c1cnn(C2CCCN(c3cc(Cl)ccc3-c3ccc(N4CCN(C(=O)[C@H]5C[C@H]5F)CC4)cc3)C2)c1C(F)(F)F. The van der Waals surface area contributed by atoms with E-state index in [0.29, 0.717) is 57.0 Å². The van der Waals surface area contributed by atoms with Gasteiger partial charge in [0.25, 0.3) is 0 Å². The highest BCUT2D eigenvalue weighted by Crippen LogP contribution is 2.40. The van der Waals surface area contributed by atoms with Crippen LogP contribution in [-0.2, 0) is 11.0 Å². The minimum absolute atomic E-state index is 0. The summed E-state index contributed by atoms with van der Waals surface area (Å²) >= 11 is 6.38. The molecule has 2 saturated heterocycles. The van der Waals surface area contributed by atoms with Crippen LogP contribution in [-0.4, -0.2) is 77.1 Å². The van der Waals surface area contributed by atoms with Crippen LogP contribution in [0.25, 0.3) is 11.1 Å². The van der Waals surface area contributed by atoms with Crippen molar-refractivity contribution in [3.63, 3.8) is 0 Å². The maximum absolute atomic E-state index is 13.9. The van der Waals surface area contributed by atoms with E-state index in [-0.39, 0.29) is 24.9 Å². The summed E-state index contributed by atoms with van der Waals surface area (Å²) < 4.78 is 55.8. The van der Waals surface area contributed by atoms with Gasteiger partial charge in [-0.2, -0.15) is 18.3 Å². The van der Waals surface area contributed by atoms with Gasteiger partial charge in [0.15, 0.2) is 5.69 Å². The molecular weight excluding hydrogens is 625 g/mol. The van der Waals surface area contributed by atoms with Crippen LogP contribution in [0.1, 0.15) is 41.4 Å². The molecule has 0 bridgehead atoms. The average Bonchev–Trinajstić information content (AvgIpc) is 3.54. The monoisotopic (exact) mass is 655 g/mol. The number of carbonyl (C=O) groups is 2. The van der Waals surface area contributed by atoms with E-state index in [1.165, 1.54) is 0 Å². The quantitative estimate of drug-likeness (QED) is 0.319. The van der Waals surface area contributed by atoms with Crippen LogP contribution in [0, 0.1) is 5.92 Å². The molecule has 8 nitrogen and oxygen atoms in total. The molecule has 44 heavy (non-hydrogen) atoms. The molecule has 6 rings (SSSR count). The normalized spacial score (nSPS) is 22.0. The molecule has 2 aliphatic heterocycles. The largest absolute Gasteiger partial charge is 0.478 e. The maximum Gasteiger partial charge on any atom is 0.433 e. The van der Waals surface area contributed by atoms with Gasteiger partial charge in [0.2, 0.25) is 5.91 Å². The van der Waals surface area contributed by atoms with E-state index in [0.717, 1.165) is 33.4 Å². The van der Waals surface area contributed by atoms with Gasteiger partial charge in [-0.3, -0.25) is 9.48 Å². The number of halogens is 6. The standard InChI is InChI=1S/C30H30ClF4N5O3.ClH/c31-19-5-8-22(18-3-6-20(7-4-18)37-10-12-38(13-11-37)28(41)23-15-25(23)32)26(14-19)39-9-1-2-21(17-39)40-27(30(33,34)35)24(16-36-40)29(42)43;/h3-8,14,16,21,23,25H,1-2,9-13,15,17H2,(H,42,43);1H/t21?,23-,25+;/m0./s1. The van der Waals surface area contributed by atoms with Crippen LogP contribution >= 0.6 is 24.0 Å². The fraction of sp³-hybridized carbons (Fsp3) is 0.433. The first-order valence-corrected chi connectivity index (χ1v) is 14.6. The molecule has 14 heteroatoms. The Bertz CT molecular complexity index is 1530. The van der Waals surface area contributed by atoms with Gasteiger partial charge in [-0.15, -0.1) is 12.4 Å². The number of nitrogens with zero attached hydrogens (tertiary/aromatic N) is 5. The lowest BCUT2D eigenvalue weighted by Crippen LogP contribution is -2.49. The molecule has 1 unspecified atom stereocenters. The number of benzene rings is 2. The first-order chi connectivity index (χ1) is 20.5. The van der Waals surface area contributed by atoms with Gasteiger partial charge in [0, 0.05) is 61.2 Å². The molecule has 2 aromatic carbocycles. The zero-order chi connectivity index (χ0) is 30.5. The highest BCUT2D eigenvalue weighted by atomic mass is 35.5. The number of aromatic nitrogens is 2.